The standard InChI is InChI=1S/C38H43NS/c1-22(2)17-24-13-14-27-23(3)32-35-34-28(15-16-39-35)33-25(11-10-12-26(33)20-37(4,5)6)19-31(34)40-36(32)30(29(27)18-24)21-38(7,8)9/h10-16,18-19,22H,17,20-21H2,1-9H3. The molecule has 1 aliphatic rings. The van der Waals surface area contributed by atoms with Gasteiger partial charge in [0.1, 0.15) is 0 Å². The summed E-state index contributed by atoms with van der Waals surface area (Å²) in [5.41, 5.74) is 8.63. The molecule has 6 rings (SSSR count). The van der Waals surface area contributed by atoms with E-state index < -0.39 is 0 Å². The van der Waals surface area contributed by atoms with E-state index >= 15 is 0 Å². The summed E-state index contributed by atoms with van der Waals surface area (Å²) >= 11 is 1.98. The zero-order valence-corrected chi connectivity index (χ0v) is 26.6. The zero-order valence-electron chi connectivity index (χ0n) is 25.8. The second-order valence-electron chi connectivity index (χ2n) is 14.8. The quantitative estimate of drug-likeness (QED) is 0.204. The highest BCUT2D eigenvalue weighted by molar-refractivity contribution is 8.00. The molecule has 0 unspecified atom stereocenters. The molecule has 1 aliphatic heterocycles. The Morgan fingerprint density at radius 3 is 2.25 bits per heavy atom. The number of hydrogen-bond donors (Lipinski definition) is 0. The van der Waals surface area contributed by atoms with Crippen LogP contribution in [0.3, 0.4) is 0 Å². The molecule has 1 nitrogen and oxygen atoms in total. The maximum atomic E-state index is 5.14. The third kappa shape index (κ3) is 4.83. The number of benzene rings is 4. The van der Waals surface area contributed by atoms with E-state index in [4.69, 9.17) is 4.98 Å². The summed E-state index contributed by atoms with van der Waals surface area (Å²) in [7, 11) is 0. The predicted molar refractivity (Wildman–Crippen MR) is 176 cm³/mol. The van der Waals surface area contributed by atoms with Gasteiger partial charge in [0.15, 0.2) is 0 Å². The summed E-state index contributed by atoms with van der Waals surface area (Å²) in [6, 6.07) is 18.8. The van der Waals surface area contributed by atoms with Crippen LogP contribution in [0.4, 0.5) is 0 Å². The predicted octanol–water partition coefficient (Wildman–Crippen LogP) is 11.4. The number of hydrogen-bond acceptors (Lipinski definition) is 2. The van der Waals surface area contributed by atoms with Crippen LogP contribution in [0.25, 0.3) is 43.6 Å². The minimum Gasteiger partial charge on any atom is -0.255 e. The molecule has 2 heteroatoms. The van der Waals surface area contributed by atoms with Crippen LogP contribution in [0.15, 0.2) is 64.5 Å². The number of rotatable bonds is 4. The number of aromatic nitrogens is 1. The van der Waals surface area contributed by atoms with Crippen LogP contribution in [-0.2, 0) is 19.3 Å². The van der Waals surface area contributed by atoms with Crippen molar-refractivity contribution < 1.29 is 0 Å². The van der Waals surface area contributed by atoms with Crippen molar-refractivity contribution in [1.82, 2.24) is 4.98 Å². The van der Waals surface area contributed by atoms with E-state index in [0.717, 1.165) is 25.0 Å². The lowest BCUT2D eigenvalue weighted by Gasteiger charge is -2.29. The van der Waals surface area contributed by atoms with Crippen molar-refractivity contribution in [1.29, 1.82) is 0 Å². The van der Waals surface area contributed by atoms with Gasteiger partial charge >= 0.3 is 0 Å². The van der Waals surface area contributed by atoms with Crippen molar-refractivity contribution in [3.63, 3.8) is 0 Å². The number of pyridine rings is 1. The van der Waals surface area contributed by atoms with E-state index in [2.05, 4.69) is 111 Å². The van der Waals surface area contributed by atoms with Crippen molar-refractivity contribution in [2.45, 2.75) is 91.4 Å². The lowest BCUT2D eigenvalue weighted by atomic mass is 9.82. The highest BCUT2D eigenvalue weighted by Crippen LogP contribution is 2.54. The van der Waals surface area contributed by atoms with E-state index in [1.165, 1.54) is 69.9 Å². The highest BCUT2D eigenvalue weighted by Gasteiger charge is 2.30. The van der Waals surface area contributed by atoms with Gasteiger partial charge in [-0.05, 0) is 104 Å². The fourth-order valence-electron chi connectivity index (χ4n) is 6.75. The SMILES string of the molecule is Cc1c2c(c(CC(C)(C)C)c3cc(CC(C)C)ccc13)Sc1cc3cccc(CC(C)(C)C)c3c3ccnc-2c13. The largest absolute Gasteiger partial charge is 0.255 e. The molecule has 0 N–H and O–H groups in total. The molecule has 0 fully saturated rings. The molecule has 0 saturated heterocycles. The van der Waals surface area contributed by atoms with E-state index in [9.17, 15) is 0 Å². The minimum atomic E-state index is 0.176. The van der Waals surface area contributed by atoms with Crippen molar-refractivity contribution in [3.8, 4) is 11.3 Å². The van der Waals surface area contributed by atoms with Crippen molar-refractivity contribution in [2.24, 2.45) is 16.7 Å². The first-order valence-electron chi connectivity index (χ1n) is 14.9. The molecule has 5 aromatic rings. The molecule has 2 heterocycles. The highest BCUT2D eigenvalue weighted by atomic mass is 32.2. The Morgan fingerprint density at radius 1 is 0.800 bits per heavy atom. The topological polar surface area (TPSA) is 12.9 Å². The Balaban J connectivity index is 1.70. The molecular formula is C38H43NS. The fraction of sp³-hybridized carbons (Fsp3) is 0.395. The monoisotopic (exact) mass is 545 g/mol. The molecule has 0 aliphatic carbocycles. The summed E-state index contributed by atoms with van der Waals surface area (Å²) in [6.07, 6.45) is 5.26. The zero-order chi connectivity index (χ0) is 28.6. The van der Waals surface area contributed by atoms with Gasteiger partial charge in [-0.2, -0.15) is 0 Å². The van der Waals surface area contributed by atoms with E-state index in [1.807, 2.05) is 18.0 Å². The van der Waals surface area contributed by atoms with Crippen LogP contribution >= 0.6 is 11.8 Å². The summed E-state index contributed by atoms with van der Waals surface area (Å²) in [5, 5.41) is 8.22. The van der Waals surface area contributed by atoms with Gasteiger partial charge in [0, 0.05) is 26.9 Å². The van der Waals surface area contributed by atoms with Gasteiger partial charge in [0.25, 0.3) is 0 Å². The molecular weight excluding hydrogens is 502 g/mol. The smallest absolute Gasteiger partial charge is 0.0806 e. The van der Waals surface area contributed by atoms with Gasteiger partial charge in [-0.3, -0.25) is 4.98 Å². The Bertz CT molecular complexity index is 1790. The first-order valence-corrected chi connectivity index (χ1v) is 15.7. The van der Waals surface area contributed by atoms with Crippen molar-refractivity contribution >= 4 is 44.1 Å². The van der Waals surface area contributed by atoms with Crippen LogP contribution in [0, 0.1) is 23.7 Å². The Labute approximate surface area is 244 Å². The second kappa shape index (κ2) is 9.62. The number of nitrogens with zero attached hydrogens (tertiary/aromatic N) is 1. The number of aryl methyl sites for hydroxylation is 1. The van der Waals surface area contributed by atoms with Gasteiger partial charge < -0.3 is 0 Å². The molecule has 206 valence electrons. The van der Waals surface area contributed by atoms with Gasteiger partial charge in [0.05, 0.1) is 5.69 Å². The van der Waals surface area contributed by atoms with Crippen molar-refractivity contribution in [3.05, 3.63) is 77.0 Å². The third-order valence-corrected chi connectivity index (χ3v) is 9.34. The van der Waals surface area contributed by atoms with E-state index in [1.54, 1.807) is 0 Å². The van der Waals surface area contributed by atoms with Gasteiger partial charge in [-0.1, -0.05) is 104 Å². The molecule has 0 saturated carbocycles. The summed E-state index contributed by atoms with van der Waals surface area (Å²) in [5.74, 6) is 0.641. The summed E-state index contributed by atoms with van der Waals surface area (Å²) in [6.45, 7) is 21.1. The third-order valence-electron chi connectivity index (χ3n) is 8.15. The molecule has 0 bridgehead atoms. The molecule has 0 spiro atoms. The normalized spacial score (nSPS) is 13.6. The maximum absolute atomic E-state index is 5.14. The van der Waals surface area contributed by atoms with Crippen LogP contribution in [0.1, 0.15) is 77.6 Å². The van der Waals surface area contributed by atoms with Crippen LogP contribution in [0.2, 0.25) is 0 Å². The van der Waals surface area contributed by atoms with Gasteiger partial charge in [-0.25, -0.2) is 0 Å². The Kier molecular flexibility index (Phi) is 6.58. The second-order valence-corrected chi connectivity index (χ2v) is 15.9. The van der Waals surface area contributed by atoms with Gasteiger partial charge in [-0.15, -0.1) is 0 Å². The van der Waals surface area contributed by atoms with Crippen LogP contribution < -0.4 is 0 Å². The Morgan fingerprint density at radius 2 is 1.55 bits per heavy atom. The molecule has 4 aromatic carbocycles. The lowest BCUT2D eigenvalue weighted by molar-refractivity contribution is 0.410. The summed E-state index contributed by atoms with van der Waals surface area (Å²) < 4.78 is 0. The van der Waals surface area contributed by atoms with E-state index in [-0.39, 0.29) is 10.8 Å². The van der Waals surface area contributed by atoms with Gasteiger partial charge in [0.2, 0.25) is 0 Å². The average Bonchev–Trinajstić information content (AvgIpc) is 2.84. The van der Waals surface area contributed by atoms with Crippen molar-refractivity contribution in [2.75, 3.05) is 0 Å². The average molecular weight is 546 g/mol. The summed E-state index contributed by atoms with van der Waals surface area (Å²) in [4.78, 5) is 7.90. The van der Waals surface area contributed by atoms with E-state index in [0.29, 0.717) is 5.92 Å². The first kappa shape index (κ1) is 27.3. The maximum Gasteiger partial charge on any atom is 0.0806 e. The van der Waals surface area contributed by atoms with Crippen LogP contribution in [-0.4, -0.2) is 4.98 Å². The number of fused-ring (bicyclic) bond motifs is 5. The fourth-order valence-corrected chi connectivity index (χ4v) is 8.12. The lowest BCUT2D eigenvalue weighted by Crippen LogP contribution is -2.13. The molecule has 1 aromatic heterocycles. The first-order chi connectivity index (χ1) is 18.8. The Hall–Kier alpha value is -2.84. The van der Waals surface area contributed by atoms with Crippen LogP contribution in [0.5, 0.6) is 0 Å². The molecule has 0 atom stereocenters. The molecule has 40 heavy (non-hydrogen) atoms. The molecule has 0 amide bonds. The molecule has 0 radical (unpaired) electrons. The minimum absolute atomic E-state index is 0.176.